The van der Waals surface area contributed by atoms with Crippen molar-refractivity contribution in [2.75, 3.05) is 0 Å². The summed E-state index contributed by atoms with van der Waals surface area (Å²) in [7, 11) is 0. The first-order valence-electron chi connectivity index (χ1n) is 6.32. The van der Waals surface area contributed by atoms with Crippen LogP contribution in [0.4, 0.5) is 0 Å². The fraction of sp³-hybridized carbons (Fsp3) is 0.286. The Bertz CT molecular complexity index is 575. The molecular formula is C14H16N2O5. The molecule has 0 bridgehead atoms. The Balaban J connectivity index is 1.78. The molecule has 0 atom stereocenters. The van der Waals surface area contributed by atoms with E-state index in [0.29, 0.717) is 23.0 Å². The van der Waals surface area contributed by atoms with Crippen LogP contribution in [-0.2, 0) is 40.4 Å². The van der Waals surface area contributed by atoms with Crippen molar-refractivity contribution in [3.8, 4) is 0 Å². The predicted molar refractivity (Wildman–Crippen MR) is 71.7 cm³/mol. The Morgan fingerprint density at radius 2 is 1.19 bits per heavy atom. The van der Waals surface area contributed by atoms with Crippen molar-refractivity contribution in [3.63, 3.8) is 0 Å². The van der Waals surface area contributed by atoms with Crippen LogP contribution in [0.15, 0.2) is 33.1 Å². The van der Waals surface area contributed by atoms with E-state index >= 15 is 0 Å². The van der Waals surface area contributed by atoms with Gasteiger partial charge in [-0.3, -0.25) is 9.59 Å². The predicted octanol–water partition coefficient (Wildman–Crippen LogP) is 0.645. The van der Waals surface area contributed by atoms with Crippen molar-refractivity contribution in [3.05, 3.63) is 47.3 Å². The van der Waals surface area contributed by atoms with E-state index in [1.807, 2.05) is 0 Å². The smallest absolute Gasteiger partial charge is 0.225 e. The van der Waals surface area contributed by atoms with Crippen LogP contribution in [0, 0.1) is 0 Å². The van der Waals surface area contributed by atoms with Crippen molar-refractivity contribution < 1.29 is 23.2 Å². The summed E-state index contributed by atoms with van der Waals surface area (Å²) in [5, 5.41) is 0. The lowest BCUT2D eigenvalue weighted by Crippen LogP contribution is -2.12. The summed E-state index contributed by atoms with van der Waals surface area (Å²) in [5.41, 5.74) is 10.1. The number of hydrogen-bond donors (Lipinski definition) is 2. The molecule has 2 aromatic heterocycles. The second kappa shape index (κ2) is 6.76. The Morgan fingerprint density at radius 3 is 1.57 bits per heavy atom. The maximum absolute atomic E-state index is 10.7. The van der Waals surface area contributed by atoms with Crippen LogP contribution in [0.5, 0.6) is 0 Å². The highest BCUT2D eigenvalue weighted by Gasteiger charge is 2.07. The van der Waals surface area contributed by atoms with E-state index in [2.05, 4.69) is 0 Å². The third kappa shape index (κ3) is 4.81. The fourth-order valence-corrected chi connectivity index (χ4v) is 1.79. The van der Waals surface area contributed by atoms with Gasteiger partial charge in [0, 0.05) is 0 Å². The highest BCUT2D eigenvalue weighted by Crippen LogP contribution is 2.13. The zero-order valence-corrected chi connectivity index (χ0v) is 11.3. The summed E-state index contributed by atoms with van der Waals surface area (Å²) in [6, 6.07) is 6.81. The van der Waals surface area contributed by atoms with Gasteiger partial charge in [0.2, 0.25) is 11.8 Å². The van der Waals surface area contributed by atoms with Crippen molar-refractivity contribution in [2.24, 2.45) is 11.5 Å². The summed E-state index contributed by atoms with van der Waals surface area (Å²) < 4.78 is 16.2. The Morgan fingerprint density at radius 1 is 0.810 bits per heavy atom. The van der Waals surface area contributed by atoms with Gasteiger partial charge in [0.1, 0.15) is 36.3 Å². The lowest BCUT2D eigenvalue weighted by molar-refractivity contribution is -0.118. The number of rotatable bonds is 8. The van der Waals surface area contributed by atoms with Gasteiger partial charge in [-0.15, -0.1) is 0 Å². The molecule has 7 nitrogen and oxygen atoms in total. The number of nitrogens with two attached hydrogens (primary N) is 2. The minimum atomic E-state index is -0.450. The van der Waals surface area contributed by atoms with Gasteiger partial charge < -0.3 is 25.0 Å². The lowest BCUT2D eigenvalue weighted by Gasteiger charge is -1.99. The van der Waals surface area contributed by atoms with Gasteiger partial charge in [0.05, 0.1) is 12.8 Å². The fourth-order valence-electron chi connectivity index (χ4n) is 1.79. The molecule has 0 aromatic carbocycles. The van der Waals surface area contributed by atoms with E-state index in [0.717, 1.165) is 0 Å². The Kier molecular flexibility index (Phi) is 4.78. The maximum atomic E-state index is 10.7. The molecule has 0 unspecified atom stereocenters. The number of primary amides is 2. The van der Waals surface area contributed by atoms with Crippen LogP contribution in [0.1, 0.15) is 23.0 Å². The molecule has 0 aliphatic carbocycles. The molecule has 0 saturated carbocycles. The molecule has 112 valence electrons. The van der Waals surface area contributed by atoms with Crippen molar-refractivity contribution in [1.82, 2.24) is 0 Å². The zero-order valence-electron chi connectivity index (χ0n) is 11.3. The molecule has 0 spiro atoms. The summed E-state index contributed by atoms with van der Waals surface area (Å²) in [4.78, 5) is 21.5. The summed E-state index contributed by atoms with van der Waals surface area (Å²) in [6.07, 6.45) is 0.128. The number of ether oxygens (including phenoxy) is 1. The minimum absolute atomic E-state index is 0.0641. The number of amides is 2. The van der Waals surface area contributed by atoms with Gasteiger partial charge in [-0.1, -0.05) is 0 Å². The van der Waals surface area contributed by atoms with Gasteiger partial charge in [-0.25, -0.2) is 0 Å². The molecule has 0 fully saturated rings. The van der Waals surface area contributed by atoms with Crippen LogP contribution < -0.4 is 11.5 Å². The topological polar surface area (TPSA) is 122 Å². The largest absolute Gasteiger partial charge is 0.463 e. The molecule has 0 aliphatic rings. The molecule has 2 heterocycles. The van der Waals surface area contributed by atoms with E-state index in [4.69, 9.17) is 25.0 Å². The van der Waals surface area contributed by atoms with Gasteiger partial charge in [-0.2, -0.15) is 0 Å². The van der Waals surface area contributed by atoms with Crippen LogP contribution in [0.3, 0.4) is 0 Å². The van der Waals surface area contributed by atoms with E-state index in [1.54, 1.807) is 24.3 Å². The van der Waals surface area contributed by atoms with Crippen LogP contribution in [-0.4, -0.2) is 11.8 Å². The molecule has 2 amide bonds. The lowest BCUT2D eigenvalue weighted by atomic mass is 10.3. The SMILES string of the molecule is NC(=O)Cc1ccc(COCc2ccc(CC(N)=O)o2)o1. The van der Waals surface area contributed by atoms with E-state index in [1.165, 1.54) is 0 Å². The number of furan rings is 2. The molecule has 2 aromatic rings. The van der Waals surface area contributed by atoms with Crippen LogP contribution >= 0.6 is 0 Å². The summed E-state index contributed by atoms with van der Waals surface area (Å²) in [6.45, 7) is 0.481. The molecular weight excluding hydrogens is 276 g/mol. The van der Waals surface area contributed by atoms with E-state index < -0.39 is 11.8 Å². The Hall–Kier alpha value is -2.54. The second-order valence-electron chi connectivity index (χ2n) is 4.52. The quantitative estimate of drug-likeness (QED) is 0.739. The molecule has 21 heavy (non-hydrogen) atoms. The van der Waals surface area contributed by atoms with Crippen LogP contribution in [0.25, 0.3) is 0 Å². The normalized spacial score (nSPS) is 10.7. The maximum Gasteiger partial charge on any atom is 0.225 e. The average molecular weight is 292 g/mol. The van der Waals surface area contributed by atoms with Crippen molar-refractivity contribution in [2.45, 2.75) is 26.1 Å². The number of carbonyl (C=O) groups is 2. The zero-order chi connectivity index (χ0) is 15.2. The second-order valence-corrected chi connectivity index (χ2v) is 4.52. The van der Waals surface area contributed by atoms with Gasteiger partial charge in [-0.05, 0) is 24.3 Å². The molecule has 0 aliphatic heterocycles. The third-order valence-electron chi connectivity index (χ3n) is 2.62. The summed E-state index contributed by atoms with van der Waals surface area (Å²) in [5.74, 6) is 1.29. The molecule has 0 radical (unpaired) electrons. The Labute approximate surface area is 120 Å². The standard InChI is InChI=1S/C14H16N2O5/c15-13(17)5-9-1-3-11(20-9)7-19-8-12-4-2-10(21-12)6-14(16)18/h1-4H,5-8H2,(H2,15,17)(H2,16,18). The van der Waals surface area contributed by atoms with Crippen LogP contribution in [0.2, 0.25) is 0 Å². The molecule has 4 N–H and O–H groups in total. The molecule has 2 rings (SSSR count). The highest BCUT2D eigenvalue weighted by atomic mass is 16.5. The van der Waals surface area contributed by atoms with Gasteiger partial charge >= 0.3 is 0 Å². The van der Waals surface area contributed by atoms with E-state index in [-0.39, 0.29) is 26.1 Å². The average Bonchev–Trinajstić information content (AvgIpc) is 2.98. The minimum Gasteiger partial charge on any atom is -0.463 e. The summed E-state index contributed by atoms with van der Waals surface area (Å²) >= 11 is 0. The monoisotopic (exact) mass is 292 g/mol. The molecule has 0 saturated heterocycles. The number of hydrogen-bond acceptors (Lipinski definition) is 5. The third-order valence-corrected chi connectivity index (χ3v) is 2.62. The van der Waals surface area contributed by atoms with Gasteiger partial charge in [0.25, 0.3) is 0 Å². The first-order chi connectivity index (χ1) is 10.0. The van der Waals surface area contributed by atoms with Gasteiger partial charge in [0.15, 0.2) is 0 Å². The van der Waals surface area contributed by atoms with E-state index in [9.17, 15) is 9.59 Å². The first kappa shape index (κ1) is 14.9. The first-order valence-corrected chi connectivity index (χ1v) is 6.32. The number of carbonyl (C=O) groups excluding carboxylic acids is 2. The van der Waals surface area contributed by atoms with Crippen molar-refractivity contribution in [1.29, 1.82) is 0 Å². The molecule has 7 heteroatoms. The van der Waals surface area contributed by atoms with Crippen molar-refractivity contribution >= 4 is 11.8 Å². The highest BCUT2D eigenvalue weighted by molar-refractivity contribution is 5.76.